The molecule has 1 aromatic carbocycles. The molecule has 1 N–H and O–H groups in total. The minimum atomic E-state index is -2.23. The second-order valence-corrected chi connectivity index (χ2v) is 8.38. The number of pyridine rings is 1. The highest BCUT2D eigenvalue weighted by molar-refractivity contribution is 7.77. The maximum atomic E-state index is 10.7. The first-order valence-electron chi connectivity index (χ1n) is 10.1. The van der Waals surface area contributed by atoms with Crippen LogP contribution in [-0.4, -0.2) is 46.7 Å². The van der Waals surface area contributed by atoms with Gasteiger partial charge in [-0.3, -0.25) is 14.1 Å². The fraction of sp³-hybridized carbons (Fsp3) is 0.381. The lowest BCUT2D eigenvalue weighted by Gasteiger charge is -2.31. The molecule has 1 atom stereocenters. The fourth-order valence-corrected chi connectivity index (χ4v) is 4.20. The molecule has 2 aromatic heterocycles. The third kappa shape index (κ3) is 5.79. The normalized spacial score (nSPS) is 16.6. The molecule has 1 unspecified atom stereocenters. The average Bonchev–Trinajstić information content (AvgIpc) is 3.20. The SMILES string of the molecule is O=S([O-])NCc1cccc(C2CCN(Cc3cn(Cc4cccnc4)nn3)CC2)c1. The molecule has 0 bridgehead atoms. The monoisotopic (exact) mass is 425 g/mol. The lowest BCUT2D eigenvalue weighted by Crippen LogP contribution is -2.32. The lowest BCUT2D eigenvalue weighted by molar-refractivity contribution is 0.202. The molecule has 0 spiro atoms. The average molecular weight is 426 g/mol. The molecule has 30 heavy (non-hydrogen) atoms. The van der Waals surface area contributed by atoms with E-state index < -0.39 is 11.3 Å². The highest BCUT2D eigenvalue weighted by Gasteiger charge is 2.21. The van der Waals surface area contributed by atoms with Gasteiger partial charge in [0, 0.05) is 36.7 Å². The Labute approximate surface area is 178 Å². The van der Waals surface area contributed by atoms with Gasteiger partial charge in [0.05, 0.1) is 18.4 Å². The summed E-state index contributed by atoms with van der Waals surface area (Å²) >= 11 is -2.23. The van der Waals surface area contributed by atoms with E-state index in [0.717, 1.165) is 49.3 Å². The van der Waals surface area contributed by atoms with Crippen molar-refractivity contribution < 1.29 is 8.76 Å². The zero-order valence-corrected chi connectivity index (χ0v) is 17.5. The summed E-state index contributed by atoms with van der Waals surface area (Å²) in [5, 5.41) is 8.56. The topological polar surface area (TPSA) is 99.0 Å². The van der Waals surface area contributed by atoms with Gasteiger partial charge in [-0.25, -0.2) is 9.40 Å². The van der Waals surface area contributed by atoms with Crippen LogP contribution < -0.4 is 4.72 Å². The van der Waals surface area contributed by atoms with E-state index in [2.05, 4.69) is 37.1 Å². The van der Waals surface area contributed by atoms with Gasteiger partial charge < -0.3 is 4.55 Å². The highest BCUT2D eigenvalue weighted by atomic mass is 32.2. The Bertz CT molecular complexity index is 972. The molecule has 1 aliphatic rings. The van der Waals surface area contributed by atoms with Gasteiger partial charge in [0.1, 0.15) is 0 Å². The number of hydrogen-bond acceptors (Lipinski definition) is 6. The molecule has 3 aromatic rings. The summed E-state index contributed by atoms with van der Waals surface area (Å²) in [6, 6.07) is 12.2. The van der Waals surface area contributed by atoms with Crippen LogP contribution >= 0.6 is 0 Å². The van der Waals surface area contributed by atoms with E-state index in [1.807, 2.05) is 41.3 Å². The largest absolute Gasteiger partial charge is 0.760 e. The van der Waals surface area contributed by atoms with Crippen molar-refractivity contribution in [2.45, 2.75) is 38.4 Å². The standard InChI is InChI=1S/C21H26N6O2S/c28-30(29)23-13-17-3-1-5-20(11-17)19-6-9-26(10-7-19)15-21-16-27(25-24-21)14-18-4-2-8-22-12-18/h1-5,8,11-12,16,19,23H,6-7,9-10,13-15H2,(H,28,29)/p-1. The Kier molecular flexibility index (Phi) is 6.96. The van der Waals surface area contributed by atoms with Crippen molar-refractivity contribution in [2.24, 2.45) is 0 Å². The number of hydrogen-bond donors (Lipinski definition) is 1. The molecule has 0 aliphatic carbocycles. The summed E-state index contributed by atoms with van der Waals surface area (Å²) in [6.07, 6.45) is 7.77. The predicted molar refractivity (Wildman–Crippen MR) is 113 cm³/mol. The van der Waals surface area contributed by atoms with Gasteiger partial charge in [0.15, 0.2) is 0 Å². The second kappa shape index (κ2) is 10.0. The zero-order chi connectivity index (χ0) is 20.8. The summed E-state index contributed by atoms with van der Waals surface area (Å²) < 4.78 is 25.7. The summed E-state index contributed by atoms with van der Waals surface area (Å²) in [5.74, 6) is 0.500. The van der Waals surface area contributed by atoms with Crippen molar-refractivity contribution in [3.63, 3.8) is 0 Å². The number of likely N-dealkylation sites (tertiary alicyclic amines) is 1. The van der Waals surface area contributed by atoms with E-state index in [0.29, 0.717) is 19.0 Å². The molecule has 1 saturated heterocycles. The number of nitrogens with one attached hydrogen (secondary N) is 1. The Hall–Kier alpha value is -2.46. The van der Waals surface area contributed by atoms with Crippen LogP contribution in [0, 0.1) is 0 Å². The minimum absolute atomic E-state index is 0.331. The molecule has 158 valence electrons. The molecular formula is C21H25N6O2S-. The van der Waals surface area contributed by atoms with Gasteiger partial charge in [0.2, 0.25) is 0 Å². The van der Waals surface area contributed by atoms with Gasteiger partial charge in [-0.2, -0.15) is 0 Å². The maximum absolute atomic E-state index is 10.7. The Morgan fingerprint density at radius 3 is 2.73 bits per heavy atom. The quantitative estimate of drug-likeness (QED) is 0.554. The molecule has 8 nitrogen and oxygen atoms in total. The fourth-order valence-electron chi connectivity index (χ4n) is 3.92. The number of benzene rings is 1. The Morgan fingerprint density at radius 2 is 1.97 bits per heavy atom. The molecule has 1 fully saturated rings. The first kappa shape index (κ1) is 20.8. The number of rotatable bonds is 8. The number of aromatic nitrogens is 4. The van der Waals surface area contributed by atoms with Crippen LogP contribution in [-0.2, 0) is 30.9 Å². The maximum Gasteiger partial charge on any atom is 0.0967 e. The first-order valence-corrected chi connectivity index (χ1v) is 11.1. The molecule has 1 aliphatic heterocycles. The third-order valence-corrected chi connectivity index (χ3v) is 5.82. The molecule has 0 amide bonds. The summed E-state index contributed by atoms with van der Waals surface area (Å²) in [5.41, 5.74) is 4.36. The molecular weight excluding hydrogens is 400 g/mol. The van der Waals surface area contributed by atoms with Crippen molar-refractivity contribution in [3.8, 4) is 0 Å². The predicted octanol–water partition coefficient (Wildman–Crippen LogP) is 1.98. The van der Waals surface area contributed by atoms with E-state index in [4.69, 9.17) is 0 Å². The lowest BCUT2D eigenvalue weighted by atomic mass is 9.88. The van der Waals surface area contributed by atoms with Crippen LogP contribution in [0.2, 0.25) is 0 Å². The van der Waals surface area contributed by atoms with Crippen molar-refractivity contribution in [3.05, 3.63) is 77.4 Å². The van der Waals surface area contributed by atoms with Crippen LogP contribution in [0.25, 0.3) is 0 Å². The van der Waals surface area contributed by atoms with Gasteiger partial charge in [-0.15, -0.1) is 5.10 Å². The van der Waals surface area contributed by atoms with E-state index in [-0.39, 0.29) is 0 Å². The second-order valence-electron chi connectivity index (χ2n) is 7.62. The summed E-state index contributed by atoms with van der Waals surface area (Å²) in [4.78, 5) is 6.55. The Balaban J connectivity index is 1.28. The molecule has 9 heteroatoms. The van der Waals surface area contributed by atoms with Gasteiger partial charge >= 0.3 is 0 Å². The van der Waals surface area contributed by atoms with E-state index >= 15 is 0 Å². The molecule has 4 rings (SSSR count). The smallest absolute Gasteiger partial charge is 0.0967 e. The first-order chi connectivity index (χ1) is 14.7. The van der Waals surface area contributed by atoms with Crippen LogP contribution in [0.1, 0.15) is 41.1 Å². The van der Waals surface area contributed by atoms with Crippen LogP contribution in [0.4, 0.5) is 0 Å². The van der Waals surface area contributed by atoms with Crippen molar-refractivity contribution in [2.75, 3.05) is 13.1 Å². The molecule has 0 saturated carbocycles. The third-order valence-electron chi connectivity index (χ3n) is 5.44. The number of piperidine rings is 1. The van der Waals surface area contributed by atoms with E-state index in [9.17, 15) is 8.76 Å². The van der Waals surface area contributed by atoms with Crippen molar-refractivity contribution in [1.82, 2.24) is 29.6 Å². The van der Waals surface area contributed by atoms with Crippen LogP contribution in [0.3, 0.4) is 0 Å². The van der Waals surface area contributed by atoms with Gasteiger partial charge in [0.25, 0.3) is 0 Å². The highest BCUT2D eigenvalue weighted by Crippen LogP contribution is 2.29. The van der Waals surface area contributed by atoms with E-state index in [1.54, 1.807) is 6.20 Å². The van der Waals surface area contributed by atoms with Gasteiger partial charge in [-0.05, 0) is 54.6 Å². The molecule has 0 radical (unpaired) electrons. The van der Waals surface area contributed by atoms with Crippen LogP contribution in [0.5, 0.6) is 0 Å². The van der Waals surface area contributed by atoms with Crippen molar-refractivity contribution >= 4 is 11.3 Å². The van der Waals surface area contributed by atoms with E-state index in [1.165, 1.54) is 5.56 Å². The molecule has 3 heterocycles. The summed E-state index contributed by atoms with van der Waals surface area (Å²) in [6.45, 7) is 3.82. The van der Waals surface area contributed by atoms with Gasteiger partial charge in [-0.1, -0.05) is 35.5 Å². The van der Waals surface area contributed by atoms with Crippen LogP contribution in [0.15, 0.2) is 55.0 Å². The zero-order valence-electron chi connectivity index (χ0n) is 16.7. The summed E-state index contributed by atoms with van der Waals surface area (Å²) in [7, 11) is 0. The Morgan fingerprint density at radius 1 is 1.13 bits per heavy atom. The minimum Gasteiger partial charge on any atom is -0.760 e. The number of nitrogens with zero attached hydrogens (tertiary/aromatic N) is 5. The van der Waals surface area contributed by atoms with Crippen molar-refractivity contribution in [1.29, 1.82) is 0 Å².